The van der Waals surface area contributed by atoms with Gasteiger partial charge in [-0.2, -0.15) is 0 Å². The molecule has 0 aliphatic carbocycles. The van der Waals surface area contributed by atoms with Gasteiger partial charge in [-0.1, -0.05) is 37.3 Å². The Hall–Kier alpha value is -2.69. The van der Waals surface area contributed by atoms with Crippen LogP contribution in [0.1, 0.15) is 24.8 Å². The van der Waals surface area contributed by atoms with Gasteiger partial charge in [-0.25, -0.2) is 0 Å². The largest absolute Gasteiger partial charge is 0.493 e. The minimum atomic E-state index is 0.435. The fraction of sp³-hybridized carbons (Fsp3) is 0.350. The number of anilines is 1. The Labute approximate surface area is 150 Å². The highest BCUT2D eigenvalue weighted by molar-refractivity contribution is 5.93. The van der Waals surface area contributed by atoms with E-state index in [1.165, 1.54) is 5.56 Å². The zero-order valence-electron chi connectivity index (χ0n) is 15.4. The Morgan fingerprint density at radius 3 is 2.36 bits per heavy atom. The molecule has 1 atom stereocenters. The molecule has 0 amide bonds. The molecular formula is C20H27N3O2. The van der Waals surface area contributed by atoms with E-state index in [-0.39, 0.29) is 0 Å². The van der Waals surface area contributed by atoms with Crippen LogP contribution in [0.4, 0.5) is 5.69 Å². The van der Waals surface area contributed by atoms with Crippen molar-refractivity contribution in [2.75, 3.05) is 33.1 Å². The van der Waals surface area contributed by atoms with E-state index in [0.29, 0.717) is 17.4 Å². The topological polar surface area (TPSA) is 54.9 Å². The summed E-state index contributed by atoms with van der Waals surface area (Å²) in [5.74, 6) is 2.54. The van der Waals surface area contributed by atoms with Gasteiger partial charge in [0.2, 0.25) is 0 Å². The van der Waals surface area contributed by atoms with E-state index in [9.17, 15) is 0 Å². The molecule has 0 aromatic heterocycles. The highest BCUT2D eigenvalue weighted by Crippen LogP contribution is 2.29. The lowest BCUT2D eigenvalue weighted by molar-refractivity contribution is 0.355. The lowest BCUT2D eigenvalue weighted by atomic mass is 9.97. The van der Waals surface area contributed by atoms with Gasteiger partial charge in [0.15, 0.2) is 17.5 Å². The SMILES string of the molecule is CCC(CNC(=NC)Nc1ccc(OC)c(OC)c1)c1ccccc1. The predicted octanol–water partition coefficient (Wildman–Crippen LogP) is 3.88. The summed E-state index contributed by atoms with van der Waals surface area (Å²) in [5, 5.41) is 6.69. The van der Waals surface area contributed by atoms with Gasteiger partial charge in [-0.15, -0.1) is 0 Å². The molecule has 0 aliphatic heterocycles. The third-order valence-electron chi connectivity index (χ3n) is 4.15. The number of nitrogens with zero attached hydrogens (tertiary/aromatic N) is 1. The maximum Gasteiger partial charge on any atom is 0.195 e. The summed E-state index contributed by atoms with van der Waals surface area (Å²) >= 11 is 0. The molecule has 0 heterocycles. The molecule has 0 bridgehead atoms. The Morgan fingerprint density at radius 1 is 1.04 bits per heavy atom. The fourth-order valence-electron chi connectivity index (χ4n) is 2.67. The highest BCUT2D eigenvalue weighted by atomic mass is 16.5. The van der Waals surface area contributed by atoms with Crippen LogP contribution in [0.25, 0.3) is 0 Å². The van der Waals surface area contributed by atoms with Crippen molar-refractivity contribution in [2.45, 2.75) is 19.3 Å². The summed E-state index contributed by atoms with van der Waals surface area (Å²) in [4.78, 5) is 4.30. The van der Waals surface area contributed by atoms with Crippen LogP contribution < -0.4 is 20.1 Å². The molecule has 134 valence electrons. The van der Waals surface area contributed by atoms with Crippen LogP contribution in [-0.2, 0) is 0 Å². The van der Waals surface area contributed by atoms with E-state index in [4.69, 9.17) is 9.47 Å². The third kappa shape index (κ3) is 5.14. The number of aliphatic imine (C=N–C) groups is 1. The Balaban J connectivity index is 2.01. The van der Waals surface area contributed by atoms with Gasteiger partial charge in [0.1, 0.15) is 0 Å². The second kappa shape index (κ2) is 9.57. The number of guanidine groups is 1. The lowest BCUT2D eigenvalue weighted by Crippen LogP contribution is -2.33. The number of benzene rings is 2. The van der Waals surface area contributed by atoms with Crippen LogP contribution >= 0.6 is 0 Å². The van der Waals surface area contributed by atoms with Crippen molar-refractivity contribution in [3.63, 3.8) is 0 Å². The first-order valence-electron chi connectivity index (χ1n) is 8.46. The number of hydrogen-bond donors (Lipinski definition) is 2. The van der Waals surface area contributed by atoms with E-state index in [1.807, 2.05) is 24.3 Å². The molecule has 25 heavy (non-hydrogen) atoms. The molecule has 0 saturated carbocycles. The lowest BCUT2D eigenvalue weighted by Gasteiger charge is -2.19. The summed E-state index contributed by atoms with van der Waals surface area (Å²) in [6, 6.07) is 16.2. The number of hydrogen-bond acceptors (Lipinski definition) is 3. The van der Waals surface area contributed by atoms with Crippen LogP contribution in [0.15, 0.2) is 53.5 Å². The van der Waals surface area contributed by atoms with Crippen molar-refractivity contribution in [3.8, 4) is 11.5 Å². The molecular weight excluding hydrogens is 314 g/mol. The molecule has 0 saturated heterocycles. The molecule has 2 aromatic rings. The summed E-state index contributed by atoms with van der Waals surface area (Å²) in [5.41, 5.74) is 2.22. The Morgan fingerprint density at radius 2 is 1.76 bits per heavy atom. The average Bonchev–Trinajstić information content (AvgIpc) is 2.68. The summed E-state index contributed by atoms with van der Waals surface area (Å²) in [6.45, 7) is 3.01. The van der Waals surface area contributed by atoms with Gasteiger partial charge < -0.3 is 20.1 Å². The molecule has 2 rings (SSSR count). The molecule has 2 aromatic carbocycles. The van der Waals surface area contributed by atoms with Gasteiger partial charge in [-0.3, -0.25) is 4.99 Å². The van der Waals surface area contributed by atoms with Crippen molar-refractivity contribution >= 4 is 11.6 Å². The van der Waals surface area contributed by atoms with Crippen molar-refractivity contribution in [1.82, 2.24) is 5.32 Å². The minimum absolute atomic E-state index is 0.435. The monoisotopic (exact) mass is 341 g/mol. The van der Waals surface area contributed by atoms with Gasteiger partial charge in [0.25, 0.3) is 0 Å². The molecule has 0 radical (unpaired) electrons. The second-order valence-electron chi connectivity index (χ2n) is 5.66. The van der Waals surface area contributed by atoms with E-state index >= 15 is 0 Å². The molecule has 5 heteroatoms. The number of nitrogens with one attached hydrogen (secondary N) is 2. The summed E-state index contributed by atoms with van der Waals surface area (Å²) < 4.78 is 10.6. The van der Waals surface area contributed by atoms with Gasteiger partial charge in [0, 0.05) is 31.3 Å². The van der Waals surface area contributed by atoms with E-state index in [1.54, 1.807) is 21.3 Å². The van der Waals surface area contributed by atoms with Crippen molar-refractivity contribution < 1.29 is 9.47 Å². The van der Waals surface area contributed by atoms with Crippen LogP contribution in [0.3, 0.4) is 0 Å². The number of rotatable bonds is 7. The van der Waals surface area contributed by atoms with Crippen LogP contribution in [-0.4, -0.2) is 33.8 Å². The molecule has 0 spiro atoms. The third-order valence-corrected chi connectivity index (χ3v) is 4.15. The van der Waals surface area contributed by atoms with Crippen LogP contribution in [0.5, 0.6) is 11.5 Å². The van der Waals surface area contributed by atoms with Crippen molar-refractivity contribution in [2.24, 2.45) is 4.99 Å². The highest BCUT2D eigenvalue weighted by Gasteiger charge is 2.11. The van der Waals surface area contributed by atoms with Gasteiger partial charge in [0.05, 0.1) is 14.2 Å². The fourth-order valence-corrected chi connectivity index (χ4v) is 2.67. The van der Waals surface area contributed by atoms with Crippen LogP contribution in [0.2, 0.25) is 0 Å². The van der Waals surface area contributed by atoms with Crippen molar-refractivity contribution in [1.29, 1.82) is 0 Å². The minimum Gasteiger partial charge on any atom is -0.493 e. The van der Waals surface area contributed by atoms with E-state index in [2.05, 4.69) is 46.8 Å². The first-order valence-corrected chi connectivity index (χ1v) is 8.46. The summed E-state index contributed by atoms with van der Waals surface area (Å²) in [6.07, 6.45) is 1.06. The Kier molecular flexibility index (Phi) is 7.14. The zero-order chi connectivity index (χ0) is 18.1. The smallest absolute Gasteiger partial charge is 0.195 e. The van der Waals surface area contributed by atoms with Gasteiger partial charge >= 0.3 is 0 Å². The molecule has 0 aliphatic rings. The standard InChI is InChI=1S/C20H27N3O2/c1-5-15(16-9-7-6-8-10-16)14-22-20(21-2)23-17-11-12-18(24-3)19(13-17)25-4/h6-13,15H,5,14H2,1-4H3,(H2,21,22,23). The normalized spacial score (nSPS) is 12.4. The quantitative estimate of drug-likeness (QED) is 0.593. The van der Waals surface area contributed by atoms with E-state index in [0.717, 1.165) is 24.6 Å². The molecule has 1 unspecified atom stereocenters. The molecule has 0 fully saturated rings. The molecule has 2 N–H and O–H groups in total. The zero-order valence-corrected chi connectivity index (χ0v) is 15.4. The van der Waals surface area contributed by atoms with Gasteiger partial charge in [-0.05, 0) is 24.1 Å². The number of methoxy groups -OCH3 is 2. The maximum absolute atomic E-state index is 5.34. The average molecular weight is 341 g/mol. The molecule has 5 nitrogen and oxygen atoms in total. The Bertz CT molecular complexity index is 687. The maximum atomic E-state index is 5.34. The predicted molar refractivity (Wildman–Crippen MR) is 104 cm³/mol. The number of ether oxygens (including phenoxy) is 2. The van der Waals surface area contributed by atoms with Crippen LogP contribution in [0, 0.1) is 0 Å². The first-order chi connectivity index (χ1) is 12.2. The second-order valence-corrected chi connectivity index (χ2v) is 5.66. The first kappa shape index (κ1) is 18.6. The summed E-state index contributed by atoms with van der Waals surface area (Å²) in [7, 11) is 5.01. The van der Waals surface area contributed by atoms with E-state index < -0.39 is 0 Å². The van der Waals surface area contributed by atoms with Crippen molar-refractivity contribution in [3.05, 3.63) is 54.1 Å².